The number of carbonyl (C=O) groups excluding carboxylic acids is 4. The van der Waals surface area contributed by atoms with E-state index in [4.69, 9.17) is 9.47 Å². The predicted octanol–water partition coefficient (Wildman–Crippen LogP) is 4.09. The SMILES string of the molecule is Cc1cc(C(C(=O)NC(Cc2ccccc2)C(=O)OC(C)(C)C)N(C)C(=O)C(CS)NC(=O)OC(C)(C)C)ccc1O. The van der Waals surface area contributed by atoms with Crippen molar-refractivity contribution < 1.29 is 33.8 Å². The summed E-state index contributed by atoms with van der Waals surface area (Å²) >= 11 is 4.24. The number of hydrogen-bond acceptors (Lipinski definition) is 8. The molecule has 3 N–H and O–H groups in total. The van der Waals surface area contributed by atoms with E-state index in [1.165, 1.54) is 24.1 Å². The van der Waals surface area contributed by atoms with Gasteiger partial charge in [0, 0.05) is 19.2 Å². The van der Waals surface area contributed by atoms with Crippen LogP contribution in [0.4, 0.5) is 4.79 Å². The van der Waals surface area contributed by atoms with E-state index in [0.717, 1.165) is 5.56 Å². The lowest BCUT2D eigenvalue weighted by atomic mass is 9.99. The van der Waals surface area contributed by atoms with E-state index in [2.05, 4.69) is 23.3 Å². The maximum Gasteiger partial charge on any atom is 0.408 e. The number of hydrogen-bond donors (Lipinski definition) is 4. The molecule has 3 unspecified atom stereocenters. The van der Waals surface area contributed by atoms with Crippen LogP contribution in [0.5, 0.6) is 5.75 Å². The summed E-state index contributed by atoms with van der Waals surface area (Å²) in [4.78, 5) is 54.4. The van der Waals surface area contributed by atoms with Gasteiger partial charge in [-0.1, -0.05) is 36.4 Å². The number of alkyl carbamates (subject to hydrolysis) is 1. The second-order valence-corrected chi connectivity index (χ2v) is 12.4. The molecule has 0 spiro atoms. The Morgan fingerprint density at radius 1 is 0.905 bits per heavy atom. The molecule has 11 heteroatoms. The van der Waals surface area contributed by atoms with E-state index < -0.39 is 53.2 Å². The lowest BCUT2D eigenvalue weighted by Gasteiger charge is -2.32. The molecule has 3 atom stereocenters. The first-order valence-electron chi connectivity index (χ1n) is 13.7. The van der Waals surface area contributed by atoms with Crippen molar-refractivity contribution >= 4 is 36.5 Å². The third-order valence-electron chi connectivity index (χ3n) is 5.98. The molecule has 2 rings (SSSR count). The molecule has 10 nitrogen and oxygen atoms in total. The second-order valence-electron chi connectivity index (χ2n) is 12.1. The lowest BCUT2D eigenvalue weighted by molar-refractivity contribution is -0.159. The summed E-state index contributed by atoms with van der Waals surface area (Å²) < 4.78 is 10.9. The van der Waals surface area contributed by atoms with Gasteiger partial charge < -0.3 is 30.1 Å². The summed E-state index contributed by atoms with van der Waals surface area (Å²) in [5.41, 5.74) is 0.0751. The van der Waals surface area contributed by atoms with E-state index in [0.29, 0.717) is 11.1 Å². The van der Waals surface area contributed by atoms with Crippen LogP contribution in [0.25, 0.3) is 0 Å². The number of amides is 3. The minimum atomic E-state index is -1.24. The molecular weight excluding hydrogens is 558 g/mol. The molecule has 2 aromatic carbocycles. The summed E-state index contributed by atoms with van der Waals surface area (Å²) in [5.74, 6) is -1.95. The van der Waals surface area contributed by atoms with Gasteiger partial charge in [-0.3, -0.25) is 9.59 Å². The van der Waals surface area contributed by atoms with Crippen molar-refractivity contribution in [2.24, 2.45) is 0 Å². The van der Waals surface area contributed by atoms with Gasteiger partial charge in [0.15, 0.2) is 0 Å². The van der Waals surface area contributed by atoms with E-state index in [1.54, 1.807) is 54.5 Å². The molecule has 0 aliphatic carbocycles. The number of phenolic OH excluding ortho intramolecular Hbond substituents is 1. The zero-order valence-corrected chi connectivity index (χ0v) is 26.5. The smallest absolute Gasteiger partial charge is 0.408 e. The highest BCUT2D eigenvalue weighted by molar-refractivity contribution is 7.80. The number of esters is 1. The molecule has 0 aliphatic heterocycles. The molecule has 0 heterocycles. The average Bonchev–Trinajstić information content (AvgIpc) is 2.87. The molecule has 0 aromatic heterocycles. The normalized spacial score (nSPS) is 13.7. The molecule has 0 saturated carbocycles. The van der Waals surface area contributed by atoms with Crippen LogP contribution in [-0.4, -0.2) is 70.0 Å². The summed E-state index contributed by atoms with van der Waals surface area (Å²) in [6.07, 6.45) is -0.655. The molecule has 0 saturated heterocycles. The van der Waals surface area contributed by atoms with Gasteiger partial charge in [0.2, 0.25) is 11.8 Å². The number of nitrogens with one attached hydrogen (secondary N) is 2. The zero-order valence-electron chi connectivity index (χ0n) is 25.6. The fraction of sp³-hybridized carbons (Fsp3) is 0.484. The van der Waals surface area contributed by atoms with Crippen LogP contribution in [0, 0.1) is 6.92 Å². The number of aromatic hydroxyl groups is 1. The second kappa shape index (κ2) is 14.4. The predicted molar refractivity (Wildman–Crippen MR) is 163 cm³/mol. The van der Waals surface area contributed by atoms with Crippen LogP contribution in [-0.2, 0) is 30.3 Å². The molecule has 3 amide bonds. The Hall–Kier alpha value is -3.73. The summed E-state index contributed by atoms with van der Waals surface area (Å²) in [6, 6.07) is 10.3. The Labute approximate surface area is 253 Å². The third kappa shape index (κ3) is 10.6. The van der Waals surface area contributed by atoms with Crippen molar-refractivity contribution in [3.05, 3.63) is 65.2 Å². The lowest BCUT2D eigenvalue weighted by Crippen LogP contribution is -2.54. The number of nitrogens with zero attached hydrogens (tertiary/aromatic N) is 1. The van der Waals surface area contributed by atoms with Gasteiger partial charge in [-0.2, -0.15) is 12.6 Å². The highest BCUT2D eigenvalue weighted by Gasteiger charge is 2.36. The van der Waals surface area contributed by atoms with E-state index in [-0.39, 0.29) is 17.9 Å². The molecule has 0 radical (unpaired) electrons. The van der Waals surface area contributed by atoms with Gasteiger partial charge in [0.25, 0.3) is 0 Å². The van der Waals surface area contributed by atoms with E-state index in [1.807, 2.05) is 30.3 Å². The topological polar surface area (TPSA) is 134 Å². The average molecular weight is 602 g/mol. The quantitative estimate of drug-likeness (QED) is 0.238. The molecule has 0 fully saturated rings. The molecule has 0 bridgehead atoms. The first kappa shape index (κ1) is 34.5. The highest BCUT2D eigenvalue weighted by atomic mass is 32.1. The van der Waals surface area contributed by atoms with Gasteiger partial charge in [-0.25, -0.2) is 9.59 Å². The molecule has 2 aromatic rings. The van der Waals surface area contributed by atoms with Crippen LogP contribution in [0.15, 0.2) is 48.5 Å². The van der Waals surface area contributed by atoms with Crippen LogP contribution < -0.4 is 10.6 Å². The number of benzene rings is 2. The van der Waals surface area contributed by atoms with Crippen LogP contribution in [0.2, 0.25) is 0 Å². The number of phenols is 1. The van der Waals surface area contributed by atoms with Crippen molar-refractivity contribution in [2.45, 2.75) is 84.2 Å². The maximum atomic E-state index is 14.0. The number of carbonyl (C=O) groups is 4. The van der Waals surface area contributed by atoms with Crippen molar-refractivity contribution in [3.63, 3.8) is 0 Å². The van der Waals surface area contributed by atoms with Crippen LogP contribution >= 0.6 is 12.6 Å². The Morgan fingerprint density at radius 3 is 2.02 bits per heavy atom. The standard InChI is InChI=1S/C31H43N3O7S/c1-19-16-21(14-15-24(19)35)25(34(8)27(37)23(18-42)33-29(39)41-31(5,6)7)26(36)32-22(28(38)40-30(2,3)4)17-20-12-10-9-11-13-20/h9-16,22-23,25,35,42H,17-18H2,1-8H3,(H,32,36)(H,33,39). The molecule has 0 aliphatic rings. The van der Waals surface area contributed by atoms with Gasteiger partial charge in [-0.05, 0) is 77.3 Å². The van der Waals surface area contributed by atoms with Crippen LogP contribution in [0.1, 0.15) is 64.3 Å². The van der Waals surface area contributed by atoms with E-state index >= 15 is 0 Å². The molecule has 42 heavy (non-hydrogen) atoms. The Bertz CT molecular complexity index is 1260. The maximum absolute atomic E-state index is 14.0. The largest absolute Gasteiger partial charge is 0.508 e. The Morgan fingerprint density at radius 2 is 1.50 bits per heavy atom. The van der Waals surface area contributed by atoms with Crippen LogP contribution in [0.3, 0.4) is 0 Å². The number of rotatable bonds is 10. The number of likely N-dealkylation sites (N-methyl/N-ethyl adjacent to an activating group) is 1. The van der Waals surface area contributed by atoms with Crippen molar-refractivity contribution in [3.8, 4) is 5.75 Å². The number of aryl methyl sites for hydroxylation is 1. The summed E-state index contributed by atoms with van der Waals surface area (Å²) in [7, 11) is 1.42. The van der Waals surface area contributed by atoms with Crippen molar-refractivity contribution in [1.82, 2.24) is 15.5 Å². The van der Waals surface area contributed by atoms with E-state index in [9.17, 15) is 24.3 Å². The fourth-order valence-electron chi connectivity index (χ4n) is 4.07. The van der Waals surface area contributed by atoms with Crippen molar-refractivity contribution in [2.75, 3.05) is 12.8 Å². The Balaban J connectivity index is 2.45. The van der Waals surface area contributed by atoms with Gasteiger partial charge in [-0.15, -0.1) is 0 Å². The minimum absolute atomic E-state index is 0.0161. The Kier molecular flexibility index (Phi) is 11.9. The first-order valence-corrected chi connectivity index (χ1v) is 14.3. The first-order chi connectivity index (χ1) is 19.4. The fourth-order valence-corrected chi connectivity index (χ4v) is 4.32. The highest BCUT2D eigenvalue weighted by Crippen LogP contribution is 2.27. The molecule has 230 valence electrons. The molecular formula is C31H43N3O7S. The van der Waals surface area contributed by atoms with Crippen molar-refractivity contribution in [1.29, 1.82) is 0 Å². The minimum Gasteiger partial charge on any atom is -0.508 e. The number of ether oxygens (including phenoxy) is 2. The zero-order chi connectivity index (χ0) is 31.8. The monoisotopic (exact) mass is 601 g/mol. The summed E-state index contributed by atoms with van der Waals surface area (Å²) in [6.45, 7) is 11.9. The third-order valence-corrected chi connectivity index (χ3v) is 6.35. The van der Waals surface area contributed by atoms with Gasteiger partial charge >= 0.3 is 12.1 Å². The number of thiol groups is 1. The van der Waals surface area contributed by atoms with Gasteiger partial charge in [0.1, 0.15) is 35.1 Å². The van der Waals surface area contributed by atoms with Gasteiger partial charge in [0.05, 0.1) is 0 Å². The summed E-state index contributed by atoms with van der Waals surface area (Å²) in [5, 5.41) is 15.4.